The van der Waals surface area contributed by atoms with E-state index in [2.05, 4.69) is 16.3 Å². The first-order chi connectivity index (χ1) is 15.2. The average molecular weight is 498 g/mol. The number of nitrogens with zero attached hydrogens (tertiary/aromatic N) is 2. The minimum atomic E-state index is -3.75. The Morgan fingerprint density at radius 3 is 2.34 bits per heavy atom. The lowest BCUT2D eigenvalue weighted by Gasteiger charge is -2.30. The van der Waals surface area contributed by atoms with Gasteiger partial charge in [-0.25, -0.2) is 8.42 Å². The van der Waals surface area contributed by atoms with Crippen molar-refractivity contribution in [2.75, 3.05) is 23.7 Å². The molecule has 0 spiro atoms. The monoisotopic (exact) mass is 497 g/mol. The smallest absolute Gasteiger partial charge is 0.244 e. The molecule has 1 saturated heterocycles. The van der Waals surface area contributed by atoms with Crippen LogP contribution in [-0.2, 0) is 27.9 Å². The first-order valence-electron chi connectivity index (χ1n) is 10.7. The minimum absolute atomic E-state index is 0.226. The third kappa shape index (κ3) is 6.16. The van der Waals surface area contributed by atoms with Crippen LogP contribution in [0.1, 0.15) is 37.3 Å². The van der Waals surface area contributed by atoms with E-state index >= 15 is 0 Å². The van der Waals surface area contributed by atoms with Gasteiger partial charge in [0.2, 0.25) is 15.9 Å². The van der Waals surface area contributed by atoms with Gasteiger partial charge in [-0.1, -0.05) is 54.4 Å². The van der Waals surface area contributed by atoms with Crippen LogP contribution in [0.15, 0.2) is 42.5 Å². The number of hydrogen-bond donors (Lipinski definition) is 1. The van der Waals surface area contributed by atoms with Crippen LogP contribution < -0.4 is 9.62 Å². The van der Waals surface area contributed by atoms with Crippen LogP contribution in [0.4, 0.5) is 5.69 Å². The van der Waals surface area contributed by atoms with Crippen molar-refractivity contribution < 1.29 is 13.2 Å². The maximum atomic E-state index is 13.1. The highest BCUT2D eigenvalue weighted by atomic mass is 35.5. The zero-order valence-corrected chi connectivity index (χ0v) is 20.7. The third-order valence-electron chi connectivity index (χ3n) is 5.65. The highest BCUT2D eigenvalue weighted by molar-refractivity contribution is 7.92. The van der Waals surface area contributed by atoms with Gasteiger partial charge in [0.05, 0.1) is 22.0 Å². The molecule has 1 amide bonds. The molecule has 0 saturated carbocycles. The number of hydrogen-bond acceptors (Lipinski definition) is 4. The van der Waals surface area contributed by atoms with Crippen LogP contribution in [0.2, 0.25) is 10.0 Å². The SMILES string of the molecule is CC[C@H](C(=O)NCc1ccccc1CN1CCCC1)N(c1ccc(Cl)c(Cl)c1)S(C)(=O)=O. The number of halogens is 2. The van der Waals surface area contributed by atoms with Gasteiger partial charge in [-0.15, -0.1) is 0 Å². The van der Waals surface area contributed by atoms with Crippen LogP contribution in [0.25, 0.3) is 0 Å². The Bertz CT molecular complexity index is 1060. The molecule has 1 atom stereocenters. The Balaban J connectivity index is 1.78. The van der Waals surface area contributed by atoms with E-state index in [0.29, 0.717) is 23.7 Å². The number of carbonyl (C=O) groups excluding carboxylic acids is 1. The van der Waals surface area contributed by atoms with E-state index in [1.807, 2.05) is 18.2 Å². The van der Waals surface area contributed by atoms with Gasteiger partial charge in [0, 0.05) is 13.1 Å². The summed E-state index contributed by atoms with van der Waals surface area (Å²) in [6, 6.07) is 11.7. The predicted octanol–water partition coefficient (Wildman–Crippen LogP) is 4.45. The fraction of sp³-hybridized carbons (Fsp3) is 0.435. The molecule has 0 unspecified atom stereocenters. The summed E-state index contributed by atoms with van der Waals surface area (Å²) in [5.74, 6) is -0.361. The Hall–Kier alpha value is -1.80. The number of amides is 1. The van der Waals surface area contributed by atoms with Crippen molar-refractivity contribution in [3.63, 3.8) is 0 Å². The van der Waals surface area contributed by atoms with Gasteiger partial charge in [-0.05, 0) is 61.7 Å². The standard InChI is InChI=1S/C23H29Cl2N3O3S/c1-3-22(28(32(2,30)31)19-10-11-20(24)21(25)14-19)23(29)26-15-17-8-4-5-9-18(17)16-27-12-6-7-13-27/h4-5,8-11,14,22H,3,6-7,12-13,15-16H2,1-2H3,(H,26,29)/t22-/m1/s1. The second-order valence-corrected chi connectivity index (χ2v) is 10.7. The van der Waals surface area contributed by atoms with Gasteiger partial charge in [-0.3, -0.25) is 14.0 Å². The van der Waals surface area contributed by atoms with Crippen molar-refractivity contribution in [1.82, 2.24) is 10.2 Å². The largest absolute Gasteiger partial charge is 0.350 e. The topological polar surface area (TPSA) is 69.7 Å². The number of rotatable bonds is 9. The van der Waals surface area contributed by atoms with Crippen LogP contribution in [-0.4, -0.2) is 44.6 Å². The molecule has 0 bridgehead atoms. The molecule has 1 heterocycles. The van der Waals surface area contributed by atoms with Crippen molar-refractivity contribution in [2.45, 2.75) is 45.3 Å². The molecule has 1 N–H and O–H groups in total. The Labute approximate surface area is 200 Å². The average Bonchev–Trinajstić information content (AvgIpc) is 3.25. The van der Waals surface area contributed by atoms with Gasteiger partial charge in [0.25, 0.3) is 0 Å². The molecule has 2 aromatic carbocycles. The lowest BCUT2D eigenvalue weighted by atomic mass is 10.1. The first-order valence-corrected chi connectivity index (χ1v) is 13.3. The summed E-state index contributed by atoms with van der Waals surface area (Å²) in [6.45, 7) is 5.14. The molecule has 1 fully saturated rings. The van der Waals surface area contributed by atoms with Crippen LogP contribution in [0, 0.1) is 0 Å². The third-order valence-corrected chi connectivity index (χ3v) is 7.57. The van der Waals surface area contributed by atoms with Crippen molar-refractivity contribution in [2.24, 2.45) is 0 Å². The molecule has 0 aromatic heterocycles. The van der Waals surface area contributed by atoms with Gasteiger partial charge < -0.3 is 5.32 Å². The van der Waals surface area contributed by atoms with Crippen LogP contribution in [0.3, 0.4) is 0 Å². The van der Waals surface area contributed by atoms with E-state index in [4.69, 9.17) is 23.2 Å². The fourth-order valence-electron chi connectivity index (χ4n) is 4.05. The van der Waals surface area contributed by atoms with Gasteiger partial charge in [0.15, 0.2) is 0 Å². The van der Waals surface area contributed by atoms with Crippen LogP contribution in [0.5, 0.6) is 0 Å². The quantitative estimate of drug-likeness (QED) is 0.555. The van der Waals surface area contributed by atoms with Gasteiger partial charge >= 0.3 is 0 Å². The molecule has 0 radical (unpaired) electrons. The van der Waals surface area contributed by atoms with Crippen molar-refractivity contribution in [3.8, 4) is 0 Å². The van der Waals surface area contributed by atoms with E-state index in [1.54, 1.807) is 13.0 Å². The molecular weight excluding hydrogens is 469 g/mol. The molecule has 9 heteroatoms. The van der Waals surface area contributed by atoms with E-state index in [0.717, 1.165) is 35.8 Å². The van der Waals surface area contributed by atoms with Gasteiger partial charge in [-0.2, -0.15) is 0 Å². The summed E-state index contributed by atoms with van der Waals surface area (Å²) in [6.07, 6.45) is 3.81. The van der Waals surface area contributed by atoms with Crippen LogP contribution >= 0.6 is 23.2 Å². The first kappa shape index (κ1) is 24.8. The number of benzene rings is 2. The number of likely N-dealkylation sites (tertiary alicyclic amines) is 1. The number of anilines is 1. The maximum Gasteiger partial charge on any atom is 0.244 e. The predicted molar refractivity (Wildman–Crippen MR) is 131 cm³/mol. The number of carbonyl (C=O) groups is 1. The summed E-state index contributed by atoms with van der Waals surface area (Å²) in [7, 11) is -3.75. The molecule has 6 nitrogen and oxygen atoms in total. The summed E-state index contributed by atoms with van der Waals surface area (Å²) in [5.41, 5.74) is 2.51. The Morgan fingerprint density at radius 2 is 1.75 bits per heavy atom. The molecule has 0 aliphatic carbocycles. The normalized spacial score (nSPS) is 15.5. The summed E-state index contributed by atoms with van der Waals surface area (Å²) in [5, 5.41) is 3.48. The second-order valence-electron chi connectivity index (χ2n) is 8.05. The van der Waals surface area contributed by atoms with Gasteiger partial charge in [0.1, 0.15) is 6.04 Å². The lowest BCUT2D eigenvalue weighted by Crippen LogP contribution is -2.49. The highest BCUT2D eigenvalue weighted by Gasteiger charge is 2.31. The van der Waals surface area contributed by atoms with Crippen molar-refractivity contribution in [3.05, 3.63) is 63.6 Å². The highest BCUT2D eigenvalue weighted by Crippen LogP contribution is 2.30. The molecule has 2 aromatic rings. The molecule has 32 heavy (non-hydrogen) atoms. The summed E-state index contributed by atoms with van der Waals surface area (Å²) in [4.78, 5) is 15.5. The lowest BCUT2D eigenvalue weighted by molar-refractivity contribution is -0.122. The van der Waals surface area contributed by atoms with E-state index in [-0.39, 0.29) is 10.9 Å². The molecule has 174 valence electrons. The summed E-state index contributed by atoms with van der Waals surface area (Å²) >= 11 is 12.1. The number of sulfonamides is 1. The number of nitrogens with one attached hydrogen (secondary N) is 1. The zero-order valence-electron chi connectivity index (χ0n) is 18.4. The van der Waals surface area contributed by atoms with E-state index in [9.17, 15) is 13.2 Å². The summed E-state index contributed by atoms with van der Waals surface area (Å²) < 4.78 is 26.3. The molecule has 1 aliphatic heterocycles. The zero-order chi connectivity index (χ0) is 23.3. The maximum absolute atomic E-state index is 13.1. The van der Waals surface area contributed by atoms with Crippen molar-refractivity contribution in [1.29, 1.82) is 0 Å². The van der Waals surface area contributed by atoms with Crippen molar-refractivity contribution >= 4 is 44.8 Å². The fourth-order valence-corrected chi connectivity index (χ4v) is 5.54. The molecular formula is C23H29Cl2N3O3S. The Morgan fingerprint density at radius 1 is 1.09 bits per heavy atom. The van der Waals surface area contributed by atoms with E-state index < -0.39 is 16.1 Å². The second kappa shape index (κ2) is 10.9. The Kier molecular flexibility index (Phi) is 8.44. The van der Waals surface area contributed by atoms with E-state index in [1.165, 1.54) is 30.5 Å². The molecule has 1 aliphatic rings. The molecule has 3 rings (SSSR count). The minimum Gasteiger partial charge on any atom is -0.350 e.